The first-order chi connectivity index (χ1) is 14.4. The van der Waals surface area contributed by atoms with Crippen LogP contribution in [0.4, 0.5) is 0 Å². The van der Waals surface area contributed by atoms with Crippen LogP contribution in [0.3, 0.4) is 0 Å². The Morgan fingerprint density at radius 1 is 1.07 bits per heavy atom. The minimum absolute atomic E-state index is 0.0229. The molecule has 1 saturated carbocycles. The van der Waals surface area contributed by atoms with Crippen molar-refractivity contribution in [3.05, 3.63) is 34.9 Å². The molecule has 1 heterocycles. The molecule has 1 aliphatic heterocycles. The number of carbonyl (C=O) groups is 2. The summed E-state index contributed by atoms with van der Waals surface area (Å²) in [6, 6.07) is 7.32. The van der Waals surface area contributed by atoms with Crippen molar-refractivity contribution in [1.82, 2.24) is 9.80 Å². The van der Waals surface area contributed by atoms with Crippen LogP contribution >= 0.6 is 11.6 Å². The Bertz CT molecular complexity index is 714. The van der Waals surface area contributed by atoms with Gasteiger partial charge in [-0.05, 0) is 43.4 Å². The van der Waals surface area contributed by atoms with Gasteiger partial charge in [-0.15, -0.1) is 0 Å². The smallest absolute Gasteiger partial charge is 0.239 e. The predicted octanol–water partition coefficient (Wildman–Crippen LogP) is 4.02. The standard InChI is InChI=1S/C24H36ClN3O2/c1-17(2)23(29)28(20-7-5-3-4-6-8-20)21-13-14-27(16-21)24(30)22(26)15-18-9-11-19(25)12-10-18/h9-12,17,20-22H,3-8,13-16,26H2,1-2H3. The molecule has 166 valence electrons. The van der Waals surface area contributed by atoms with Gasteiger partial charge in [0.2, 0.25) is 11.8 Å². The molecule has 5 nitrogen and oxygen atoms in total. The minimum atomic E-state index is -0.572. The molecule has 1 aromatic carbocycles. The number of hydrogen-bond acceptors (Lipinski definition) is 3. The average Bonchev–Trinajstić information content (AvgIpc) is 3.05. The predicted molar refractivity (Wildman–Crippen MR) is 121 cm³/mol. The Morgan fingerprint density at radius 3 is 2.30 bits per heavy atom. The lowest BCUT2D eigenvalue weighted by Crippen LogP contribution is -2.51. The van der Waals surface area contributed by atoms with Gasteiger partial charge in [0, 0.05) is 30.1 Å². The molecule has 0 radical (unpaired) electrons. The van der Waals surface area contributed by atoms with Crippen molar-refractivity contribution in [2.75, 3.05) is 13.1 Å². The first-order valence-corrected chi connectivity index (χ1v) is 11.9. The summed E-state index contributed by atoms with van der Waals surface area (Å²) >= 11 is 5.94. The first-order valence-electron chi connectivity index (χ1n) is 11.5. The number of benzene rings is 1. The summed E-state index contributed by atoms with van der Waals surface area (Å²) in [5.41, 5.74) is 7.26. The zero-order valence-electron chi connectivity index (χ0n) is 18.4. The van der Waals surface area contributed by atoms with E-state index in [-0.39, 0.29) is 23.8 Å². The number of halogens is 1. The highest BCUT2D eigenvalue weighted by atomic mass is 35.5. The SMILES string of the molecule is CC(C)C(=O)N(C1CCCCCC1)C1CCN(C(=O)C(N)Cc2ccc(Cl)cc2)C1. The summed E-state index contributed by atoms with van der Waals surface area (Å²) in [5, 5.41) is 0.675. The number of hydrogen-bond donors (Lipinski definition) is 1. The van der Waals surface area contributed by atoms with Crippen LogP contribution in [0.2, 0.25) is 5.02 Å². The molecule has 1 saturated heterocycles. The number of likely N-dealkylation sites (tertiary alicyclic amines) is 1. The summed E-state index contributed by atoms with van der Waals surface area (Å²) in [5.74, 6) is 0.182. The van der Waals surface area contributed by atoms with E-state index in [0.29, 0.717) is 30.6 Å². The molecule has 0 spiro atoms. The van der Waals surface area contributed by atoms with E-state index < -0.39 is 6.04 Å². The van der Waals surface area contributed by atoms with E-state index in [1.807, 2.05) is 43.0 Å². The Morgan fingerprint density at radius 2 is 1.70 bits per heavy atom. The summed E-state index contributed by atoms with van der Waals surface area (Å²) in [4.78, 5) is 30.1. The molecule has 6 heteroatoms. The number of nitrogens with zero attached hydrogens (tertiary/aromatic N) is 2. The molecule has 0 bridgehead atoms. The van der Waals surface area contributed by atoms with Crippen LogP contribution in [-0.4, -0.2) is 52.8 Å². The van der Waals surface area contributed by atoms with Gasteiger partial charge in [-0.1, -0.05) is 63.3 Å². The van der Waals surface area contributed by atoms with Gasteiger partial charge in [-0.3, -0.25) is 9.59 Å². The molecule has 2 fully saturated rings. The minimum Gasteiger partial charge on any atom is -0.339 e. The van der Waals surface area contributed by atoms with Crippen molar-refractivity contribution in [1.29, 1.82) is 0 Å². The molecule has 0 aromatic heterocycles. The molecule has 30 heavy (non-hydrogen) atoms. The molecule has 1 aromatic rings. The average molecular weight is 434 g/mol. The Hall–Kier alpha value is -1.59. The third-order valence-corrected chi connectivity index (χ3v) is 6.77. The van der Waals surface area contributed by atoms with Gasteiger partial charge in [-0.2, -0.15) is 0 Å². The highest BCUT2D eigenvalue weighted by Crippen LogP contribution is 2.28. The summed E-state index contributed by atoms with van der Waals surface area (Å²) < 4.78 is 0. The van der Waals surface area contributed by atoms with Crippen molar-refractivity contribution >= 4 is 23.4 Å². The van der Waals surface area contributed by atoms with Crippen molar-refractivity contribution < 1.29 is 9.59 Å². The van der Waals surface area contributed by atoms with Gasteiger partial charge in [0.15, 0.2) is 0 Å². The van der Waals surface area contributed by atoms with Gasteiger partial charge in [0.25, 0.3) is 0 Å². The van der Waals surface area contributed by atoms with E-state index in [9.17, 15) is 9.59 Å². The fourth-order valence-corrected chi connectivity index (χ4v) is 4.98. The van der Waals surface area contributed by atoms with Crippen molar-refractivity contribution in [2.24, 2.45) is 11.7 Å². The highest BCUT2D eigenvalue weighted by Gasteiger charge is 2.38. The second-order valence-electron chi connectivity index (χ2n) is 9.21. The molecule has 3 rings (SSSR count). The van der Waals surface area contributed by atoms with Gasteiger partial charge in [0.05, 0.1) is 12.1 Å². The lowest BCUT2D eigenvalue weighted by molar-refractivity contribution is -0.140. The summed E-state index contributed by atoms with van der Waals surface area (Å²) in [7, 11) is 0. The van der Waals surface area contributed by atoms with E-state index in [1.165, 1.54) is 25.7 Å². The lowest BCUT2D eigenvalue weighted by Gasteiger charge is -2.37. The van der Waals surface area contributed by atoms with Gasteiger partial charge >= 0.3 is 0 Å². The van der Waals surface area contributed by atoms with E-state index in [2.05, 4.69) is 4.90 Å². The van der Waals surface area contributed by atoms with Crippen molar-refractivity contribution in [3.63, 3.8) is 0 Å². The van der Waals surface area contributed by atoms with Crippen molar-refractivity contribution in [3.8, 4) is 0 Å². The van der Waals surface area contributed by atoms with E-state index in [0.717, 1.165) is 24.8 Å². The number of rotatable bonds is 6. The van der Waals surface area contributed by atoms with E-state index in [4.69, 9.17) is 17.3 Å². The Kier molecular flexibility index (Phi) is 8.18. The van der Waals surface area contributed by atoms with Crippen LogP contribution in [0.25, 0.3) is 0 Å². The molecule has 2 unspecified atom stereocenters. The molecule has 2 N–H and O–H groups in total. The quantitative estimate of drug-likeness (QED) is 0.689. The normalized spacial score (nSPS) is 21.5. The molecule has 1 aliphatic carbocycles. The molecule has 2 aliphatic rings. The maximum absolute atomic E-state index is 13.1. The van der Waals surface area contributed by atoms with E-state index in [1.54, 1.807) is 0 Å². The fraction of sp³-hybridized carbons (Fsp3) is 0.667. The maximum Gasteiger partial charge on any atom is 0.239 e. The zero-order valence-corrected chi connectivity index (χ0v) is 19.1. The topological polar surface area (TPSA) is 66.6 Å². The third-order valence-electron chi connectivity index (χ3n) is 6.52. The van der Waals surface area contributed by atoms with Gasteiger partial charge in [0.1, 0.15) is 0 Å². The van der Waals surface area contributed by atoms with Crippen LogP contribution in [-0.2, 0) is 16.0 Å². The number of nitrogens with two attached hydrogens (primary N) is 1. The Labute approximate surface area is 185 Å². The monoisotopic (exact) mass is 433 g/mol. The molecular formula is C24H36ClN3O2. The Balaban J connectivity index is 1.65. The van der Waals surface area contributed by atoms with Crippen LogP contribution in [0.5, 0.6) is 0 Å². The maximum atomic E-state index is 13.1. The number of amides is 2. The summed E-state index contributed by atoms with van der Waals surface area (Å²) in [6.45, 7) is 5.23. The lowest BCUT2D eigenvalue weighted by atomic mass is 10.0. The second kappa shape index (κ2) is 10.6. The van der Waals surface area contributed by atoms with Gasteiger partial charge in [-0.25, -0.2) is 0 Å². The van der Waals surface area contributed by atoms with Gasteiger partial charge < -0.3 is 15.5 Å². The fourth-order valence-electron chi connectivity index (χ4n) is 4.86. The number of carbonyl (C=O) groups excluding carboxylic acids is 2. The molecular weight excluding hydrogens is 398 g/mol. The van der Waals surface area contributed by atoms with Crippen molar-refractivity contribution in [2.45, 2.75) is 83.3 Å². The van der Waals surface area contributed by atoms with Crippen LogP contribution in [0.15, 0.2) is 24.3 Å². The summed E-state index contributed by atoms with van der Waals surface area (Å²) in [6.07, 6.45) is 8.40. The second-order valence-corrected chi connectivity index (χ2v) is 9.65. The first kappa shape index (κ1) is 23.1. The van der Waals surface area contributed by atoms with E-state index >= 15 is 0 Å². The molecule has 2 amide bonds. The van der Waals surface area contributed by atoms with Crippen LogP contribution < -0.4 is 5.73 Å². The third kappa shape index (κ3) is 5.76. The molecule has 2 atom stereocenters. The highest BCUT2D eigenvalue weighted by molar-refractivity contribution is 6.30. The zero-order chi connectivity index (χ0) is 21.7. The van der Waals surface area contributed by atoms with Crippen LogP contribution in [0.1, 0.15) is 64.4 Å². The largest absolute Gasteiger partial charge is 0.339 e. The van der Waals surface area contributed by atoms with Crippen LogP contribution in [0, 0.1) is 5.92 Å².